The van der Waals surface area contributed by atoms with Crippen LogP contribution in [0.5, 0.6) is 5.75 Å². The van der Waals surface area contributed by atoms with Gasteiger partial charge in [-0.1, -0.05) is 49.8 Å². The zero-order chi connectivity index (χ0) is 16.6. The quantitative estimate of drug-likeness (QED) is 0.469. The molecule has 0 heterocycles. The predicted molar refractivity (Wildman–Crippen MR) is 97.6 cm³/mol. The van der Waals surface area contributed by atoms with E-state index in [1.807, 2.05) is 18.2 Å². The summed E-state index contributed by atoms with van der Waals surface area (Å²) in [5.41, 5.74) is 0. The molecular formula is C19H30O2Si. The third-order valence-electron chi connectivity index (χ3n) is 4.47. The molecule has 122 valence electrons. The van der Waals surface area contributed by atoms with E-state index in [1.165, 1.54) is 11.6 Å². The second-order valence-corrected chi connectivity index (χ2v) is 11.0. The number of allylic oxidation sites excluding steroid dienone is 1. The minimum atomic E-state index is -2.03. The van der Waals surface area contributed by atoms with Crippen LogP contribution in [0.25, 0.3) is 0 Å². The molecule has 0 spiro atoms. The van der Waals surface area contributed by atoms with Crippen LogP contribution in [0, 0.1) is 5.92 Å². The van der Waals surface area contributed by atoms with Crippen molar-refractivity contribution in [2.24, 2.45) is 5.92 Å². The van der Waals surface area contributed by atoms with E-state index < -0.39 is 8.07 Å². The van der Waals surface area contributed by atoms with Gasteiger partial charge in [-0.25, -0.2) is 0 Å². The molecule has 22 heavy (non-hydrogen) atoms. The molecule has 0 saturated heterocycles. The van der Waals surface area contributed by atoms with Gasteiger partial charge >= 0.3 is 0 Å². The van der Waals surface area contributed by atoms with Gasteiger partial charge in [-0.05, 0) is 37.3 Å². The Bertz CT molecular complexity index is 477. The Kier molecular flexibility index (Phi) is 7.59. The van der Waals surface area contributed by atoms with E-state index in [-0.39, 0.29) is 0 Å². The molecule has 0 radical (unpaired) electrons. The average molecular weight is 319 g/mol. The molecule has 0 aliphatic heterocycles. The smallest absolute Gasteiger partial charge is 0.157 e. The molecule has 0 aliphatic rings. The van der Waals surface area contributed by atoms with Crippen LogP contribution in [0.2, 0.25) is 13.1 Å². The molecule has 0 N–H and O–H groups in total. The first kappa shape index (κ1) is 18.7. The van der Waals surface area contributed by atoms with Gasteiger partial charge in [-0.2, -0.15) is 0 Å². The highest BCUT2D eigenvalue weighted by Crippen LogP contribution is 2.17. The first-order chi connectivity index (χ1) is 10.4. The lowest BCUT2D eigenvalue weighted by atomic mass is 9.99. The van der Waals surface area contributed by atoms with Crippen molar-refractivity contribution in [3.63, 3.8) is 0 Å². The maximum atomic E-state index is 12.6. The lowest BCUT2D eigenvalue weighted by Gasteiger charge is -2.22. The molecule has 0 aliphatic carbocycles. The Hall–Kier alpha value is -1.35. The minimum Gasteiger partial charge on any atom is -0.497 e. The summed E-state index contributed by atoms with van der Waals surface area (Å²) in [4.78, 5) is 12.6. The summed E-state index contributed by atoms with van der Waals surface area (Å²) >= 11 is 0. The highest BCUT2D eigenvalue weighted by molar-refractivity contribution is 7.13. The Labute approximate surface area is 136 Å². The van der Waals surface area contributed by atoms with Crippen LogP contribution in [-0.2, 0) is 4.79 Å². The maximum Gasteiger partial charge on any atom is 0.157 e. The number of hydrogen-bond acceptors (Lipinski definition) is 2. The number of hydrogen-bond donors (Lipinski definition) is 0. The van der Waals surface area contributed by atoms with Gasteiger partial charge in [0.1, 0.15) is 11.2 Å². The Morgan fingerprint density at radius 1 is 1.27 bits per heavy atom. The van der Waals surface area contributed by atoms with E-state index in [0.29, 0.717) is 17.7 Å². The summed E-state index contributed by atoms with van der Waals surface area (Å²) in [5.74, 6) is 1.52. The van der Waals surface area contributed by atoms with Crippen molar-refractivity contribution in [1.29, 1.82) is 0 Å². The van der Waals surface area contributed by atoms with E-state index in [4.69, 9.17) is 4.74 Å². The van der Waals surface area contributed by atoms with E-state index in [2.05, 4.69) is 38.7 Å². The van der Waals surface area contributed by atoms with Gasteiger partial charge in [0.15, 0.2) is 8.07 Å². The number of rotatable bonds is 10. The van der Waals surface area contributed by atoms with Gasteiger partial charge in [-0.3, -0.25) is 0 Å². The molecule has 0 amide bonds. The second-order valence-electron chi connectivity index (χ2n) is 6.64. The van der Waals surface area contributed by atoms with Gasteiger partial charge in [0, 0.05) is 6.42 Å². The summed E-state index contributed by atoms with van der Waals surface area (Å²) in [6.07, 6.45) is 7.07. The Morgan fingerprint density at radius 2 is 1.91 bits per heavy atom. The Balaban J connectivity index is 2.53. The van der Waals surface area contributed by atoms with Crippen LogP contribution in [-0.4, -0.2) is 20.6 Å². The molecule has 3 heteroatoms. The second kappa shape index (κ2) is 8.94. The zero-order valence-corrected chi connectivity index (χ0v) is 15.5. The summed E-state index contributed by atoms with van der Waals surface area (Å²) in [5, 5.41) is 1.64. The maximum absolute atomic E-state index is 12.6. The highest BCUT2D eigenvalue weighted by atomic mass is 28.3. The Morgan fingerprint density at radius 3 is 2.45 bits per heavy atom. The molecular weight excluding hydrogens is 288 g/mol. The van der Waals surface area contributed by atoms with Crippen LogP contribution < -0.4 is 9.92 Å². The van der Waals surface area contributed by atoms with Crippen LogP contribution in [0.4, 0.5) is 0 Å². The first-order valence-electron chi connectivity index (χ1n) is 8.20. The van der Waals surface area contributed by atoms with Gasteiger partial charge in [0.05, 0.1) is 7.11 Å². The predicted octanol–water partition coefficient (Wildman–Crippen LogP) is 4.49. The molecule has 0 bridgehead atoms. The molecule has 2 nitrogen and oxygen atoms in total. The summed E-state index contributed by atoms with van der Waals surface area (Å²) in [7, 11) is -0.364. The third-order valence-corrected chi connectivity index (χ3v) is 7.89. The van der Waals surface area contributed by atoms with Gasteiger partial charge < -0.3 is 9.53 Å². The molecule has 0 fully saturated rings. The van der Waals surface area contributed by atoms with Crippen molar-refractivity contribution in [2.45, 2.75) is 52.1 Å². The van der Waals surface area contributed by atoms with E-state index in [1.54, 1.807) is 7.11 Å². The first-order valence-corrected chi connectivity index (χ1v) is 11.2. The fourth-order valence-electron chi connectivity index (χ4n) is 2.64. The van der Waals surface area contributed by atoms with Crippen molar-refractivity contribution >= 4 is 18.7 Å². The number of methoxy groups -OCH3 is 1. The van der Waals surface area contributed by atoms with Crippen molar-refractivity contribution < 1.29 is 9.53 Å². The number of benzene rings is 1. The van der Waals surface area contributed by atoms with E-state index >= 15 is 0 Å². The lowest BCUT2D eigenvalue weighted by molar-refractivity contribution is -0.112. The SMILES string of the molecule is C=CCCC(C)CCCC(=O)[Si](C)(C)c1ccc(OC)cc1. The topological polar surface area (TPSA) is 26.3 Å². The normalized spacial score (nSPS) is 12.7. The average Bonchev–Trinajstić information content (AvgIpc) is 2.52. The molecule has 1 aromatic rings. The van der Waals surface area contributed by atoms with Crippen LogP contribution in [0.15, 0.2) is 36.9 Å². The summed E-state index contributed by atoms with van der Waals surface area (Å²) < 4.78 is 5.19. The molecule has 1 aromatic carbocycles. The van der Waals surface area contributed by atoms with Crippen molar-refractivity contribution in [2.75, 3.05) is 7.11 Å². The van der Waals surface area contributed by atoms with Crippen LogP contribution in [0.3, 0.4) is 0 Å². The fraction of sp³-hybridized carbons (Fsp3) is 0.526. The van der Waals surface area contributed by atoms with Gasteiger partial charge in [0.2, 0.25) is 0 Å². The van der Waals surface area contributed by atoms with Gasteiger partial charge in [-0.15, -0.1) is 6.58 Å². The number of carbonyl (C=O) groups is 1. The van der Waals surface area contributed by atoms with Crippen LogP contribution in [0.1, 0.15) is 39.0 Å². The standard InChI is InChI=1S/C19H30O2Si/c1-6-7-9-16(2)10-8-11-19(20)22(4,5)18-14-12-17(21-3)13-15-18/h6,12-16H,1,7-11H2,2-5H3. The van der Waals surface area contributed by atoms with Gasteiger partial charge in [0.25, 0.3) is 0 Å². The number of ether oxygens (including phenoxy) is 1. The van der Waals surface area contributed by atoms with Crippen molar-refractivity contribution in [1.82, 2.24) is 0 Å². The molecule has 1 unspecified atom stereocenters. The van der Waals surface area contributed by atoms with Crippen LogP contribution >= 0.6 is 0 Å². The van der Waals surface area contributed by atoms with E-state index in [0.717, 1.165) is 25.0 Å². The summed E-state index contributed by atoms with van der Waals surface area (Å²) in [6, 6.07) is 8.01. The lowest BCUT2D eigenvalue weighted by Crippen LogP contribution is -2.49. The van der Waals surface area contributed by atoms with E-state index in [9.17, 15) is 4.79 Å². The molecule has 1 rings (SSSR count). The van der Waals surface area contributed by atoms with Crippen molar-refractivity contribution in [3.05, 3.63) is 36.9 Å². The van der Waals surface area contributed by atoms with Crippen molar-refractivity contribution in [3.8, 4) is 5.75 Å². The monoisotopic (exact) mass is 318 g/mol. The fourth-order valence-corrected chi connectivity index (χ4v) is 4.76. The number of carbonyl (C=O) groups excluding carboxylic acids is 1. The molecule has 1 atom stereocenters. The molecule has 0 saturated carbocycles. The summed E-state index contributed by atoms with van der Waals surface area (Å²) in [6.45, 7) is 10.3. The third kappa shape index (κ3) is 5.45. The zero-order valence-electron chi connectivity index (χ0n) is 14.5. The molecule has 0 aromatic heterocycles. The minimum absolute atomic E-state index is 0.452. The highest BCUT2D eigenvalue weighted by Gasteiger charge is 2.31. The largest absolute Gasteiger partial charge is 0.497 e.